The molecule has 1 aliphatic rings. The van der Waals surface area contributed by atoms with E-state index in [9.17, 15) is 4.79 Å². The summed E-state index contributed by atoms with van der Waals surface area (Å²) >= 11 is 0. The van der Waals surface area contributed by atoms with Gasteiger partial charge in [-0.2, -0.15) is 0 Å². The lowest BCUT2D eigenvalue weighted by Gasteiger charge is -2.27. The topological polar surface area (TPSA) is 55.1 Å². The Morgan fingerprint density at radius 2 is 1.88 bits per heavy atom. The van der Waals surface area contributed by atoms with Gasteiger partial charge in [-0.15, -0.1) is 0 Å². The number of hydrogen-bond donors (Lipinski definition) is 2. The van der Waals surface area contributed by atoms with Crippen molar-refractivity contribution in [1.82, 2.24) is 5.32 Å². The quantitative estimate of drug-likeness (QED) is 0.748. The van der Waals surface area contributed by atoms with Crippen LogP contribution in [0.2, 0.25) is 0 Å². The van der Waals surface area contributed by atoms with Crippen molar-refractivity contribution in [2.24, 2.45) is 23.5 Å². The molecule has 0 heterocycles. The second-order valence-electron chi connectivity index (χ2n) is 5.64. The molecule has 1 amide bonds. The van der Waals surface area contributed by atoms with Gasteiger partial charge in [0.25, 0.3) is 0 Å². The van der Waals surface area contributed by atoms with E-state index in [4.69, 9.17) is 5.73 Å². The zero-order valence-electron chi connectivity index (χ0n) is 11.4. The summed E-state index contributed by atoms with van der Waals surface area (Å²) in [6.45, 7) is 5.97. The summed E-state index contributed by atoms with van der Waals surface area (Å²) in [4.78, 5) is 11.7. The smallest absolute Gasteiger partial charge is 0.220 e. The molecular formula is C14H28N2O. The highest BCUT2D eigenvalue weighted by Gasteiger charge is 2.22. The van der Waals surface area contributed by atoms with Crippen LogP contribution < -0.4 is 11.1 Å². The average Bonchev–Trinajstić information content (AvgIpc) is 2.36. The molecular weight excluding hydrogens is 212 g/mol. The molecule has 0 aliphatic heterocycles. The number of carbonyl (C=O) groups is 1. The maximum Gasteiger partial charge on any atom is 0.220 e. The molecule has 1 atom stereocenters. The molecule has 1 aliphatic carbocycles. The monoisotopic (exact) mass is 240 g/mol. The largest absolute Gasteiger partial charge is 0.356 e. The molecule has 0 aromatic carbocycles. The summed E-state index contributed by atoms with van der Waals surface area (Å²) in [5.74, 6) is 2.12. The molecule has 3 N–H and O–H groups in total. The van der Waals surface area contributed by atoms with Crippen LogP contribution in [-0.2, 0) is 4.79 Å². The average molecular weight is 240 g/mol. The number of carbonyl (C=O) groups excluding carboxylic acids is 1. The van der Waals surface area contributed by atoms with Gasteiger partial charge in [0.2, 0.25) is 5.91 Å². The molecule has 1 rings (SSSR count). The van der Waals surface area contributed by atoms with Gasteiger partial charge in [0.15, 0.2) is 0 Å². The van der Waals surface area contributed by atoms with E-state index < -0.39 is 0 Å². The fraction of sp³-hybridized carbons (Fsp3) is 0.929. The van der Waals surface area contributed by atoms with E-state index in [2.05, 4.69) is 19.2 Å². The van der Waals surface area contributed by atoms with Crippen LogP contribution in [0.1, 0.15) is 52.4 Å². The lowest BCUT2D eigenvalue weighted by molar-refractivity contribution is -0.122. The number of amides is 1. The van der Waals surface area contributed by atoms with Gasteiger partial charge in [-0.05, 0) is 50.0 Å². The Morgan fingerprint density at radius 3 is 2.41 bits per heavy atom. The fourth-order valence-electron chi connectivity index (χ4n) is 2.44. The number of hydrogen-bond acceptors (Lipinski definition) is 2. The van der Waals surface area contributed by atoms with E-state index in [1.807, 2.05) is 0 Å². The van der Waals surface area contributed by atoms with Gasteiger partial charge in [-0.3, -0.25) is 4.79 Å². The van der Waals surface area contributed by atoms with Crippen LogP contribution >= 0.6 is 0 Å². The molecule has 100 valence electrons. The van der Waals surface area contributed by atoms with Gasteiger partial charge in [0.1, 0.15) is 0 Å². The highest BCUT2D eigenvalue weighted by Crippen LogP contribution is 2.29. The first-order valence-corrected chi connectivity index (χ1v) is 7.12. The van der Waals surface area contributed by atoms with Crippen LogP contribution in [-0.4, -0.2) is 19.0 Å². The normalized spacial score (nSPS) is 26.5. The maximum atomic E-state index is 11.7. The Bertz CT molecular complexity index is 222. The van der Waals surface area contributed by atoms with Crippen LogP contribution in [0.3, 0.4) is 0 Å². The maximum absolute atomic E-state index is 11.7. The Kier molecular flexibility index (Phi) is 6.56. The summed E-state index contributed by atoms with van der Waals surface area (Å²) in [7, 11) is 0. The van der Waals surface area contributed by atoms with E-state index >= 15 is 0 Å². The van der Waals surface area contributed by atoms with Crippen LogP contribution in [0.15, 0.2) is 0 Å². The third-order valence-electron chi connectivity index (χ3n) is 4.12. The SMILES string of the molecule is CCC(C)CNC(=O)CC1CCC(CN)CC1. The van der Waals surface area contributed by atoms with Crippen LogP contribution in [0.25, 0.3) is 0 Å². The van der Waals surface area contributed by atoms with Crippen LogP contribution in [0, 0.1) is 17.8 Å². The summed E-state index contributed by atoms with van der Waals surface area (Å²) in [5.41, 5.74) is 5.67. The van der Waals surface area contributed by atoms with Gasteiger partial charge < -0.3 is 11.1 Å². The zero-order valence-corrected chi connectivity index (χ0v) is 11.4. The van der Waals surface area contributed by atoms with Crippen molar-refractivity contribution in [3.8, 4) is 0 Å². The molecule has 0 aromatic heterocycles. The minimum Gasteiger partial charge on any atom is -0.356 e. The molecule has 1 unspecified atom stereocenters. The third kappa shape index (κ3) is 5.53. The summed E-state index contributed by atoms with van der Waals surface area (Å²) in [5, 5.41) is 3.04. The van der Waals surface area contributed by atoms with E-state index in [1.54, 1.807) is 0 Å². The van der Waals surface area contributed by atoms with Crippen molar-refractivity contribution >= 4 is 5.91 Å². The fourth-order valence-corrected chi connectivity index (χ4v) is 2.44. The Morgan fingerprint density at radius 1 is 1.29 bits per heavy atom. The van der Waals surface area contributed by atoms with Gasteiger partial charge >= 0.3 is 0 Å². The highest BCUT2D eigenvalue weighted by molar-refractivity contribution is 5.76. The molecule has 3 nitrogen and oxygen atoms in total. The van der Waals surface area contributed by atoms with Crippen LogP contribution in [0.5, 0.6) is 0 Å². The zero-order chi connectivity index (χ0) is 12.7. The number of rotatable bonds is 6. The minimum absolute atomic E-state index is 0.237. The molecule has 17 heavy (non-hydrogen) atoms. The Balaban J connectivity index is 2.15. The molecule has 1 fully saturated rings. The van der Waals surface area contributed by atoms with Crippen molar-refractivity contribution in [2.75, 3.05) is 13.1 Å². The highest BCUT2D eigenvalue weighted by atomic mass is 16.1. The van der Waals surface area contributed by atoms with E-state index in [1.165, 1.54) is 25.7 Å². The first-order chi connectivity index (χ1) is 8.15. The molecule has 3 heteroatoms. The minimum atomic E-state index is 0.237. The predicted molar refractivity (Wildman–Crippen MR) is 71.6 cm³/mol. The van der Waals surface area contributed by atoms with Gasteiger partial charge in [0.05, 0.1) is 0 Å². The summed E-state index contributed by atoms with van der Waals surface area (Å²) < 4.78 is 0. The molecule has 1 saturated carbocycles. The lowest BCUT2D eigenvalue weighted by Crippen LogP contribution is -2.31. The van der Waals surface area contributed by atoms with Crippen molar-refractivity contribution < 1.29 is 4.79 Å². The Hall–Kier alpha value is -0.570. The van der Waals surface area contributed by atoms with Gasteiger partial charge in [-0.1, -0.05) is 20.3 Å². The van der Waals surface area contributed by atoms with Crippen LogP contribution in [0.4, 0.5) is 0 Å². The van der Waals surface area contributed by atoms with E-state index in [0.717, 1.165) is 19.5 Å². The summed E-state index contributed by atoms with van der Waals surface area (Å²) in [6, 6.07) is 0. The number of nitrogens with one attached hydrogen (secondary N) is 1. The lowest BCUT2D eigenvalue weighted by atomic mass is 9.80. The number of nitrogens with two attached hydrogens (primary N) is 1. The van der Waals surface area contributed by atoms with E-state index in [-0.39, 0.29) is 5.91 Å². The summed E-state index contributed by atoms with van der Waals surface area (Å²) in [6.07, 6.45) is 6.62. The van der Waals surface area contributed by atoms with Gasteiger partial charge in [0, 0.05) is 13.0 Å². The predicted octanol–water partition coefficient (Wildman–Crippen LogP) is 2.30. The first-order valence-electron chi connectivity index (χ1n) is 7.12. The van der Waals surface area contributed by atoms with Crippen molar-refractivity contribution in [3.05, 3.63) is 0 Å². The van der Waals surface area contributed by atoms with Crippen molar-refractivity contribution in [1.29, 1.82) is 0 Å². The standard InChI is InChI=1S/C14H28N2O/c1-3-11(2)10-16-14(17)8-12-4-6-13(9-15)7-5-12/h11-13H,3-10,15H2,1-2H3,(H,16,17). The molecule has 0 radical (unpaired) electrons. The third-order valence-corrected chi connectivity index (χ3v) is 4.12. The first kappa shape index (κ1) is 14.5. The van der Waals surface area contributed by atoms with Crippen molar-refractivity contribution in [2.45, 2.75) is 52.4 Å². The van der Waals surface area contributed by atoms with E-state index in [0.29, 0.717) is 24.2 Å². The molecule has 0 spiro atoms. The van der Waals surface area contributed by atoms with Gasteiger partial charge in [-0.25, -0.2) is 0 Å². The van der Waals surface area contributed by atoms with Crippen molar-refractivity contribution in [3.63, 3.8) is 0 Å². The second kappa shape index (κ2) is 7.70. The molecule has 0 saturated heterocycles. The molecule has 0 aromatic rings. The second-order valence-corrected chi connectivity index (χ2v) is 5.64. The Labute approximate surface area is 106 Å². The molecule has 0 bridgehead atoms.